The standard InChI is InChI=1S/C48H41BN2/c1-30-24-32(3)47(33(4)25-30)49(48-34(5)26-31(2)27-35(48)6)51-45-19-13-11-17-40(45)42-29-37(21-23-46(42)51)36-20-22-44-41(28-36)39-16-10-12-18-43(39)50(44)38-14-8-7-9-15-38/h7-29H,1-6H3. The maximum atomic E-state index is 2.63. The lowest BCUT2D eigenvalue weighted by Gasteiger charge is -2.26. The van der Waals surface area contributed by atoms with Crippen LogP contribution in [-0.4, -0.2) is 15.9 Å². The van der Waals surface area contributed by atoms with Crippen molar-refractivity contribution in [1.82, 2.24) is 9.05 Å². The molecule has 0 amide bonds. The molecule has 0 radical (unpaired) electrons. The second-order valence-electron chi connectivity index (χ2n) is 14.6. The minimum atomic E-state index is 0.0277. The van der Waals surface area contributed by atoms with E-state index in [0.29, 0.717) is 0 Å². The van der Waals surface area contributed by atoms with Gasteiger partial charge in [-0.05, 0) is 112 Å². The summed E-state index contributed by atoms with van der Waals surface area (Å²) in [4.78, 5) is 0. The van der Waals surface area contributed by atoms with Crippen molar-refractivity contribution in [2.45, 2.75) is 41.5 Å². The smallest absolute Gasteiger partial charge is 0.329 e. The molecule has 0 atom stereocenters. The molecule has 2 aromatic heterocycles. The monoisotopic (exact) mass is 656 g/mol. The number of para-hydroxylation sites is 3. The fourth-order valence-electron chi connectivity index (χ4n) is 9.12. The molecule has 9 aromatic rings. The quantitative estimate of drug-likeness (QED) is 0.163. The van der Waals surface area contributed by atoms with Crippen molar-refractivity contribution in [2.24, 2.45) is 0 Å². The Morgan fingerprint density at radius 2 is 0.784 bits per heavy atom. The van der Waals surface area contributed by atoms with Gasteiger partial charge < -0.3 is 9.05 Å². The Morgan fingerprint density at radius 3 is 1.35 bits per heavy atom. The number of aryl methyl sites for hydroxylation is 6. The Bertz CT molecular complexity index is 2710. The van der Waals surface area contributed by atoms with E-state index in [2.05, 4.69) is 190 Å². The highest BCUT2D eigenvalue weighted by molar-refractivity contribution is 6.86. The van der Waals surface area contributed by atoms with Gasteiger partial charge in [-0.1, -0.05) is 124 Å². The van der Waals surface area contributed by atoms with Crippen molar-refractivity contribution in [3.63, 3.8) is 0 Å². The molecule has 0 saturated carbocycles. The predicted molar refractivity (Wildman–Crippen MR) is 221 cm³/mol. The van der Waals surface area contributed by atoms with E-state index in [4.69, 9.17) is 0 Å². The molecular formula is C48H41BN2. The van der Waals surface area contributed by atoms with Gasteiger partial charge in [0.25, 0.3) is 0 Å². The summed E-state index contributed by atoms with van der Waals surface area (Å²) in [5, 5.41) is 5.10. The number of rotatable bonds is 5. The zero-order valence-corrected chi connectivity index (χ0v) is 30.3. The molecule has 3 heteroatoms. The topological polar surface area (TPSA) is 9.86 Å². The van der Waals surface area contributed by atoms with E-state index >= 15 is 0 Å². The molecule has 2 nitrogen and oxygen atoms in total. The molecule has 0 bridgehead atoms. The Morgan fingerprint density at radius 1 is 0.373 bits per heavy atom. The third-order valence-corrected chi connectivity index (χ3v) is 11.0. The molecule has 0 fully saturated rings. The molecule has 0 N–H and O–H groups in total. The van der Waals surface area contributed by atoms with E-state index in [1.165, 1.54) is 105 Å². The van der Waals surface area contributed by atoms with Crippen molar-refractivity contribution in [3.05, 3.63) is 173 Å². The lowest BCUT2D eigenvalue weighted by molar-refractivity contribution is 1.18. The third kappa shape index (κ3) is 4.94. The summed E-state index contributed by atoms with van der Waals surface area (Å²) >= 11 is 0. The zero-order valence-electron chi connectivity index (χ0n) is 30.3. The van der Waals surface area contributed by atoms with Crippen LogP contribution in [0.4, 0.5) is 0 Å². The summed E-state index contributed by atoms with van der Waals surface area (Å²) in [6.45, 7) is 13.6. The van der Waals surface area contributed by atoms with Gasteiger partial charge in [-0.3, -0.25) is 0 Å². The van der Waals surface area contributed by atoms with E-state index in [-0.39, 0.29) is 6.85 Å². The number of nitrogens with zero attached hydrogens (tertiary/aromatic N) is 2. The van der Waals surface area contributed by atoms with Crippen LogP contribution in [0.5, 0.6) is 0 Å². The summed E-state index contributed by atoms with van der Waals surface area (Å²) in [6, 6.07) is 52.0. The Balaban J connectivity index is 1.29. The molecule has 9 rings (SSSR count). The Kier molecular flexibility index (Phi) is 7.29. The highest BCUT2D eigenvalue weighted by Crippen LogP contribution is 2.37. The summed E-state index contributed by atoms with van der Waals surface area (Å²) in [6.07, 6.45) is 0. The number of hydrogen-bond acceptors (Lipinski definition) is 0. The largest absolute Gasteiger partial charge is 0.376 e. The van der Waals surface area contributed by atoms with E-state index < -0.39 is 0 Å². The van der Waals surface area contributed by atoms with Gasteiger partial charge in [-0.15, -0.1) is 0 Å². The molecule has 246 valence electrons. The van der Waals surface area contributed by atoms with Gasteiger partial charge in [0, 0.05) is 38.3 Å². The first kappa shape index (κ1) is 31.2. The average Bonchev–Trinajstić information content (AvgIpc) is 3.62. The average molecular weight is 657 g/mol. The van der Waals surface area contributed by atoms with Gasteiger partial charge >= 0.3 is 6.85 Å². The van der Waals surface area contributed by atoms with E-state index in [0.717, 1.165) is 0 Å². The zero-order chi connectivity index (χ0) is 35.0. The molecule has 2 heterocycles. The number of hydrogen-bond donors (Lipinski definition) is 0. The Labute approximate surface area is 300 Å². The molecule has 0 saturated heterocycles. The molecule has 0 aliphatic rings. The van der Waals surface area contributed by atoms with Crippen molar-refractivity contribution in [2.75, 3.05) is 0 Å². The molecular weight excluding hydrogens is 615 g/mol. The van der Waals surface area contributed by atoms with Gasteiger partial charge in [-0.25, -0.2) is 0 Å². The molecule has 0 aliphatic carbocycles. The first-order valence-electron chi connectivity index (χ1n) is 18.1. The second-order valence-corrected chi connectivity index (χ2v) is 14.6. The van der Waals surface area contributed by atoms with E-state index in [1.54, 1.807) is 0 Å². The van der Waals surface area contributed by atoms with Crippen molar-refractivity contribution >= 4 is 61.4 Å². The molecule has 0 aliphatic heterocycles. The van der Waals surface area contributed by atoms with Gasteiger partial charge in [0.15, 0.2) is 0 Å². The van der Waals surface area contributed by atoms with Crippen LogP contribution in [0.25, 0.3) is 60.4 Å². The maximum absolute atomic E-state index is 2.63. The van der Waals surface area contributed by atoms with Gasteiger partial charge in [-0.2, -0.15) is 0 Å². The highest BCUT2D eigenvalue weighted by Gasteiger charge is 2.32. The fraction of sp³-hybridized carbons (Fsp3) is 0.125. The first-order valence-corrected chi connectivity index (χ1v) is 18.1. The van der Waals surface area contributed by atoms with Crippen molar-refractivity contribution in [1.29, 1.82) is 0 Å². The van der Waals surface area contributed by atoms with Crippen LogP contribution >= 0.6 is 0 Å². The summed E-state index contributed by atoms with van der Waals surface area (Å²) < 4.78 is 5.01. The minimum absolute atomic E-state index is 0.0277. The summed E-state index contributed by atoms with van der Waals surface area (Å²) in [5.41, 5.74) is 19.3. The SMILES string of the molecule is Cc1cc(C)c(B(c2c(C)cc(C)cc2C)n2c3ccccc3c3cc(-c4ccc5c(c4)c4ccccc4n5-c4ccccc4)ccc32)c(C)c1. The van der Waals surface area contributed by atoms with Gasteiger partial charge in [0.2, 0.25) is 0 Å². The molecule has 0 spiro atoms. The Hall–Kier alpha value is -5.80. The van der Waals surface area contributed by atoms with E-state index in [1.807, 2.05) is 0 Å². The minimum Gasteiger partial charge on any atom is -0.376 e. The van der Waals surface area contributed by atoms with Crippen molar-refractivity contribution in [3.8, 4) is 16.8 Å². The van der Waals surface area contributed by atoms with E-state index in [9.17, 15) is 0 Å². The van der Waals surface area contributed by atoms with Crippen LogP contribution in [0.15, 0.2) is 140 Å². The second kappa shape index (κ2) is 11.9. The normalized spacial score (nSPS) is 11.7. The number of aromatic nitrogens is 2. The van der Waals surface area contributed by atoms with Crippen LogP contribution < -0.4 is 10.9 Å². The predicted octanol–water partition coefficient (Wildman–Crippen LogP) is 11.1. The van der Waals surface area contributed by atoms with Gasteiger partial charge in [0.1, 0.15) is 0 Å². The van der Waals surface area contributed by atoms with Crippen LogP contribution in [0.3, 0.4) is 0 Å². The lowest BCUT2D eigenvalue weighted by Crippen LogP contribution is -2.53. The third-order valence-electron chi connectivity index (χ3n) is 11.0. The van der Waals surface area contributed by atoms with Crippen molar-refractivity contribution < 1.29 is 0 Å². The molecule has 7 aromatic carbocycles. The fourth-order valence-corrected chi connectivity index (χ4v) is 9.12. The highest BCUT2D eigenvalue weighted by atomic mass is 15.0. The first-order chi connectivity index (χ1) is 24.8. The van der Waals surface area contributed by atoms with Crippen LogP contribution in [0, 0.1) is 41.5 Å². The van der Waals surface area contributed by atoms with Crippen LogP contribution in [0.1, 0.15) is 33.4 Å². The van der Waals surface area contributed by atoms with Crippen LogP contribution in [0.2, 0.25) is 0 Å². The van der Waals surface area contributed by atoms with Gasteiger partial charge in [0.05, 0.1) is 11.0 Å². The van der Waals surface area contributed by atoms with Crippen LogP contribution in [-0.2, 0) is 0 Å². The lowest BCUT2D eigenvalue weighted by atomic mass is 9.46. The summed E-state index contributed by atoms with van der Waals surface area (Å²) in [7, 11) is 0. The summed E-state index contributed by atoms with van der Waals surface area (Å²) in [5.74, 6) is 0. The number of benzene rings is 7. The number of fused-ring (bicyclic) bond motifs is 6. The maximum Gasteiger partial charge on any atom is 0.329 e. The molecule has 0 unspecified atom stereocenters. The molecule has 51 heavy (non-hydrogen) atoms.